The maximum Gasteiger partial charge on any atom is 0.183 e. The summed E-state index contributed by atoms with van der Waals surface area (Å²) in [7, 11) is 0. The minimum atomic E-state index is -1.81. The number of aliphatic hydroxyl groups is 6. The predicted octanol–water partition coefficient (Wildman–Crippen LogP) is -2.83. The van der Waals surface area contributed by atoms with E-state index in [1.165, 1.54) is 0 Å². The quantitative estimate of drug-likeness (QED) is 0.252. The van der Waals surface area contributed by atoms with Gasteiger partial charge in [0.05, 0.1) is 6.61 Å². The smallest absolute Gasteiger partial charge is 0.183 e. The lowest BCUT2D eigenvalue weighted by atomic mass is 10.0. The summed E-state index contributed by atoms with van der Waals surface area (Å²) in [5, 5.41) is 54.7. The third kappa shape index (κ3) is 4.71. The summed E-state index contributed by atoms with van der Waals surface area (Å²) in [5.41, 5.74) is 0. The topological polar surface area (TPSA) is 131 Å². The molecule has 0 heterocycles. The van der Waals surface area contributed by atoms with Crippen LogP contribution in [0, 0.1) is 0 Å². The number of hydrogen-bond acceptors (Lipinski definition) is 7. The minimum Gasteiger partial charge on any atom is -0.394 e. The molecule has 0 aliphatic heterocycles. The van der Waals surface area contributed by atoms with Crippen LogP contribution in [0.4, 0.5) is 0 Å². The van der Waals surface area contributed by atoms with Crippen molar-refractivity contribution in [2.75, 3.05) is 13.2 Å². The highest BCUT2D eigenvalue weighted by Crippen LogP contribution is 2.09. The minimum absolute atomic E-state index is 0.184. The van der Waals surface area contributed by atoms with Crippen LogP contribution in [0.3, 0.4) is 0 Å². The average Bonchev–Trinajstić information content (AvgIpc) is 2.31. The first-order valence-electron chi connectivity index (χ1n) is 5.08. The first-order chi connectivity index (χ1) is 7.45. The Hall–Kier alpha value is -0.280. The van der Waals surface area contributed by atoms with Gasteiger partial charge in [0.2, 0.25) is 0 Å². The predicted molar refractivity (Wildman–Crippen MR) is 53.4 cm³/mol. The molecule has 0 bridgehead atoms. The van der Waals surface area contributed by atoms with E-state index in [9.17, 15) is 20.4 Å². The number of hydrogen-bond donors (Lipinski definition) is 6. The summed E-state index contributed by atoms with van der Waals surface area (Å²) >= 11 is 0. The molecule has 0 saturated heterocycles. The van der Waals surface area contributed by atoms with Gasteiger partial charge in [-0.05, 0) is 6.42 Å². The third-order valence-corrected chi connectivity index (χ3v) is 2.07. The molecule has 16 heavy (non-hydrogen) atoms. The van der Waals surface area contributed by atoms with Crippen molar-refractivity contribution in [1.82, 2.24) is 0 Å². The Labute approximate surface area is 93.5 Å². The first-order valence-corrected chi connectivity index (χ1v) is 5.08. The van der Waals surface area contributed by atoms with Gasteiger partial charge in [-0.2, -0.15) is 0 Å². The second-order valence-corrected chi connectivity index (χ2v) is 3.48. The van der Waals surface area contributed by atoms with Gasteiger partial charge < -0.3 is 35.4 Å². The maximum absolute atomic E-state index is 9.35. The van der Waals surface area contributed by atoms with Crippen LogP contribution in [0.1, 0.15) is 13.3 Å². The summed E-state index contributed by atoms with van der Waals surface area (Å²) in [5.74, 6) is 0. The highest BCUT2D eigenvalue weighted by atomic mass is 16.6. The Morgan fingerprint density at radius 3 is 1.94 bits per heavy atom. The van der Waals surface area contributed by atoms with E-state index in [2.05, 4.69) is 0 Å². The maximum atomic E-state index is 9.35. The lowest BCUT2D eigenvalue weighted by Gasteiger charge is -2.28. The van der Waals surface area contributed by atoms with Crippen LogP contribution >= 0.6 is 0 Å². The first kappa shape index (κ1) is 15.7. The zero-order chi connectivity index (χ0) is 12.7. The van der Waals surface area contributed by atoms with Gasteiger partial charge in [0, 0.05) is 6.61 Å². The van der Waals surface area contributed by atoms with Crippen LogP contribution in [-0.4, -0.2) is 74.6 Å². The number of aliphatic hydroxyl groups excluding tert-OH is 6. The summed E-state index contributed by atoms with van der Waals surface area (Å²) in [6, 6.07) is 0. The molecule has 1 unspecified atom stereocenters. The lowest BCUT2D eigenvalue weighted by Crippen LogP contribution is -2.50. The summed E-state index contributed by atoms with van der Waals surface area (Å²) < 4.78 is 4.73. The van der Waals surface area contributed by atoms with Gasteiger partial charge in [-0.1, -0.05) is 6.92 Å². The molecule has 0 radical (unpaired) electrons. The fourth-order valence-corrected chi connectivity index (χ4v) is 1.04. The zero-order valence-electron chi connectivity index (χ0n) is 9.10. The van der Waals surface area contributed by atoms with Crippen LogP contribution in [0.25, 0.3) is 0 Å². The Kier molecular flexibility index (Phi) is 7.77. The molecule has 0 aromatic carbocycles. The molecule has 0 aliphatic carbocycles. The molecule has 0 spiro atoms. The molecule has 6 N–H and O–H groups in total. The molecule has 0 saturated carbocycles. The lowest BCUT2D eigenvalue weighted by molar-refractivity contribution is -0.211. The highest BCUT2D eigenvalue weighted by Gasteiger charge is 2.34. The van der Waals surface area contributed by atoms with E-state index < -0.39 is 37.3 Å². The van der Waals surface area contributed by atoms with E-state index in [0.29, 0.717) is 6.42 Å². The summed E-state index contributed by atoms with van der Waals surface area (Å²) in [6.07, 6.45) is -7.98. The SMILES string of the molecule is CCCOC(O)[C@H](O)[C@@H](O)[C@H](O)[C@H](O)CO. The molecule has 0 amide bonds. The second-order valence-electron chi connectivity index (χ2n) is 3.48. The molecule has 0 aromatic rings. The third-order valence-electron chi connectivity index (χ3n) is 2.07. The van der Waals surface area contributed by atoms with Crippen molar-refractivity contribution in [2.24, 2.45) is 0 Å². The van der Waals surface area contributed by atoms with E-state index in [1.807, 2.05) is 0 Å². The van der Waals surface area contributed by atoms with E-state index >= 15 is 0 Å². The Bertz CT molecular complexity index is 177. The van der Waals surface area contributed by atoms with Crippen LogP contribution in [-0.2, 0) is 4.74 Å². The van der Waals surface area contributed by atoms with Crippen LogP contribution < -0.4 is 0 Å². The molecule has 0 aromatic heterocycles. The molecule has 5 atom stereocenters. The fraction of sp³-hybridized carbons (Fsp3) is 1.00. The van der Waals surface area contributed by atoms with Crippen LogP contribution in [0.15, 0.2) is 0 Å². The molecule has 0 aliphatic rings. The average molecular weight is 240 g/mol. The van der Waals surface area contributed by atoms with Crippen molar-refractivity contribution in [3.63, 3.8) is 0 Å². The van der Waals surface area contributed by atoms with Crippen molar-refractivity contribution in [3.05, 3.63) is 0 Å². The standard InChI is InChI=1S/C9H20O7/c1-2-3-16-9(15)8(14)7(13)6(12)5(11)4-10/h5-15H,2-4H2,1H3/t5-,6-,7+,8-,9?/m1/s1. The number of ether oxygens (including phenoxy) is 1. The van der Waals surface area contributed by atoms with Crippen molar-refractivity contribution >= 4 is 0 Å². The van der Waals surface area contributed by atoms with Gasteiger partial charge in [-0.3, -0.25) is 0 Å². The fourth-order valence-electron chi connectivity index (χ4n) is 1.04. The van der Waals surface area contributed by atoms with E-state index in [4.69, 9.17) is 14.9 Å². The summed E-state index contributed by atoms with van der Waals surface area (Å²) in [6.45, 7) is 1.21. The molecule has 98 valence electrons. The van der Waals surface area contributed by atoms with Crippen molar-refractivity contribution in [2.45, 2.75) is 44.1 Å². The van der Waals surface area contributed by atoms with Crippen molar-refractivity contribution < 1.29 is 35.4 Å². The van der Waals surface area contributed by atoms with Crippen molar-refractivity contribution in [1.29, 1.82) is 0 Å². The molecule has 0 rings (SSSR count). The molecule has 7 nitrogen and oxygen atoms in total. The van der Waals surface area contributed by atoms with Gasteiger partial charge in [-0.15, -0.1) is 0 Å². The molecule has 7 heteroatoms. The molecule has 0 fully saturated rings. The van der Waals surface area contributed by atoms with Crippen molar-refractivity contribution in [3.8, 4) is 0 Å². The monoisotopic (exact) mass is 240 g/mol. The number of rotatable bonds is 8. The van der Waals surface area contributed by atoms with Gasteiger partial charge in [-0.25, -0.2) is 0 Å². The highest BCUT2D eigenvalue weighted by molar-refractivity contribution is 4.81. The van der Waals surface area contributed by atoms with Gasteiger partial charge in [0.15, 0.2) is 6.29 Å². The van der Waals surface area contributed by atoms with Gasteiger partial charge in [0.1, 0.15) is 24.4 Å². The molecular weight excluding hydrogens is 220 g/mol. The summed E-state index contributed by atoms with van der Waals surface area (Å²) in [4.78, 5) is 0. The Morgan fingerprint density at radius 1 is 0.938 bits per heavy atom. The van der Waals surface area contributed by atoms with Gasteiger partial charge >= 0.3 is 0 Å². The van der Waals surface area contributed by atoms with E-state index in [-0.39, 0.29) is 6.61 Å². The Balaban J connectivity index is 4.19. The zero-order valence-corrected chi connectivity index (χ0v) is 9.10. The van der Waals surface area contributed by atoms with Crippen LogP contribution in [0.5, 0.6) is 0 Å². The normalized spacial score (nSPS) is 21.2. The molecular formula is C9H20O7. The van der Waals surface area contributed by atoms with Gasteiger partial charge in [0.25, 0.3) is 0 Å². The van der Waals surface area contributed by atoms with E-state index in [1.54, 1.807) is 6.92 Å². The largest absolute Gasteiger partial charge is 0.394 e. The second kappa shape index (κ2) is 7.91. The van der Waals surface area contributed by atoms with E-state index in [0.717, 1.165) is 0 Å². The Morgan fingerprint density at radius 2 is 1.50 bits per heavy atom. The van der Waals surface area contributed by atoms with Crippen LogP contribution in [0.2, 0.25) is 0 Å².